The second-order valence-corrected chi connectivity index (χ2v) is 13.8. The Bertz CT molecular complexity index is 1640. The molecule has 12 nitrogen and oxygen atoms in total. The molecule has 49 heavy (non-hydrogen) atoms. The summed E-state index contributed by atoms with van der Waals surface area (Å²) in [5.74, 6) is -0.720. The second kappa shape index (κ2) is 16.4. The van der Waals surface area contributed by atoms with E-state index in [4.69, 9.17) is 14.2 Å². The number of carbonyl (C=O) groups is 3. The van der Waals surface area contributed by atoms with E-state index in [2.05, 4.69) is 40.7 Å². The summed E-state index contributed by atoms with van der Waals surface area (Å²) in [5.41, 5.74) is 0.865. The highest BCUT2D eigenvalue weighted by Crippen LogP contribution is 2.37. The maximum absolute atomic E-state index is 13.4. The molecular formula is C37H51N5O7. The highest BCUT2D eigenvalue weighted by Gasteiger charge is 2.38. The van der Waals surface area contributed by atoms with Crippen LogP contribution in [-0.4, -0.2) is 81.4 Å². The van der Waals surface area contributed by atoms with Gasteiger partial charge < -0.3 is 29.5 Å². The van der Waals surface area contributed by atoms with Gasteiger partial charge in [0.05, 0.1) is 36.5 Å². The molecule has 1 fully saturated rings. The van der Waals surface area contributed by atoms with E-state index in [9.17, 15) is 19.5 Å². The van der Waals surface area contributed by atoms with Crippen molar-refractivity contribution < 1.29 is 33.7 Å². The summed E-state index contributed by atoms with van der Waals surface area (Å²) < 4.78 is 19.6. The molecule has 3 heterocycles. The van der Waals surface area contributed by atoms with Crippen LogP contribution in [0.2, 0.25) is 0 Å². The van der Waals surface area contributed by atoms with Gasteiger partial charge in [-0.1, -0.05) is 44.0 Å². The number of ether oxygens (including phenoxy) is 3. The molecule has 0 radical (unpaired) electrons. The molecule has 266 valence electrons. The van der Waals surface area contributed by atoms with E-state index in [0.29, 0.717) is 67.6 Å². The van der Waals surface area contributed by atoms with E-state index in [0.717, 1.165) is 24.8 Å². The van der Waals surface area contributed by atoms with Crippen LogP contribution in [0.1, 0.15) is 100 Å². The normalized spacial score (nSPS) is 15.2. The number of rotatable bonds is 17. The van der Waals surface area contributed by atoms with Crippen LogP contribution in [0.3, 0.4) is 0 Å². The van der Waals surface area contributed by atoms with Gasteiger partial charge in [0.2, 0.25) is 0 Å². The highest BCUT2D eigenvalue weighted by molar-refractivity contribution is 5.96. The Morgan fingerprint density at radius 1 is 1.16 bits per heavy atom. The molecule has 0 aliphatic carbocycles. The SMILES string of the molecule is C=CCOC1(C)CCN(c2c(C(OC(C)(C)C)C(=O)O)c(C)nc3cc(C(=O)NCC(=O)Cc4ccccc4OCCCCC)nn23)CC1. The summed E-state index contributed by atoms with van der Waals surface area (Å²) in [6.45, 7) is 17.0. The number of nitrogens with one attached hydrogen (secondary N) is 1. The molecule has 0 spiro atoms. The van der Waals surface area contributed by atoms with Gasteiger partial charge in [-0.3, -0.25) is 9.59 Å². The van der Waals surface area contributed by atoms with E-state index >= 15 is 0 Å². The minimum absolute atomic E-state index is 0.0533. The van der Waals surface area contributed by atoms with Crippen molar-refractivity contribution in [3.05, 3.63) is 65.5 Å². The lowest BCUT2D eigenvalue weighted by molar-refractivity contribution is -0.160. The maximum atomic E-state index is 13.4. The number of carbonyl (C=O) groups excluding carboxylic acids is 2. The molecule has 0 saturated carbocycles. The van der Waals surface area contributed by atoms with Crippen molar-refractivity contribution in [2.75, 3.05) is 37.7 Å². The van der Waals surface area contributed by atoms with Crippen molar-refractivity contribution in [1.29, 1.82) is 0 Å². The molecule has 1 unspecified atom stereocenters. The number of Topliss-reactive ketones (excluding diaryl/α,β-unsaturated/α-hetero) is 1. The van der Waals surface area contributed by atoms with Gasteiger partial charge in [0.25, 0.3) is 5.91 Å². The van der Waals surface area contributed by atoms with Crippen molar-refractivity contribution in [2.24, 2.45) is 0 Å². The van der Waals surface area contributed by atoms with Gasteiger partial charge in [-0.05, 0) is 59.9 Å². The average Bonchev–Trinajstić information content (AvgIpc) is 3.47. The number of aryl methyl sites for hydroxylation is 1. The Labute approximate surface area is 288 Å². The number of piperidine rings is 1. The molecule has 1 atom stereocenters. The molecule has 1 aromatic carbocycles. The van der Waals surface area contributed by atoms with Crippen molar-refractivity contribution in [1.82, 2.24) is 19.9 Å². The number of amides is 1. The number of aromatic nitrogens is 3. The van der Waals surface area contributed by atoms with E-state index in [1.54, 1.807) is 39.8 Å². The smallest absolute Gasteiger partial charge is 0.337 e. The number of ketones is 1. The first-order valence-corrected chi connectivity index (χ1v) is 17.1. The third-order valence-electron chi connectivity index (χ3n) is 8.48. The summed E-state index contributed by atoms with van der Waals surface area (Å²) in [7, 11) is 0. The Morgan fingerprint density at radius 3 is 2.53 bits per heavy atom. The summed E-state index contributed by atoms with van der Waals surface area (Å²) >= 11 is 0. The van der Waals surface area contributed by atoms with Crippen LogP contribution in [0.4, 0.5) is 5.82 Å². The zero-order valence-corrected chi connectivity index (χ0v) is 29.7. The molecule has 4 rings (SSSR count). The van der Waals surface area contributed by atoms with E-state index < -0.39 is 23.6 Å². The van der Waals surface area contributed by atoms with Gasteiger partial charge in [0.1, 0.15) is 11.6 Å². The summed E-state index contributed by atoms with van der Waals surface area (Å²) in [4.78, 5) is 45.7. The number of anilines is 1. The van der Waals surface area contributed by atoms with Crippen LogP contribution in [-0.2, 0) is 25.5 Å². The summed E-state index contributed by atoms with van der Waals surface area (Å²) in [6.07, 6.45) is 4.93. The van der Waals surface area contributed by atoms with Gasteiger partial charge in [-0.25, -0.2) is 9.78 Å². The largest absolute Gasteiger partial charge is 0.493 e. The molecule has 2 aromatic heterocycles. The zero-order chi connectivity index (χ0) is 35.8. The predicted octanol–water partition coefficient (Wildman–Crippen LogP) is 5.65. The summed E-state index contributed by atoms with van der Waals surface area (Å²) in [5, 5.41) is 17.7. The third-order valence-corrected chi connectivity index (χ3v) is 8.48. The number of hydrogen-bond donors (Lipinski definition) is 2. The van der Waals surface area contributed by atoms with Crippen molar-refractivity contribution in [3.8, 4) is 5.75 Å². The standard InChI is InChI=1S/C37H51N5O7/c1-8-10-13-21-47-29-15-12-11-14-26(29)22-27(43)24-38-33(44)28-23-30-39-25(3)31(32(35(45)46)49-36(4,5)6)34(42(30)40-28)41-18-16-37(7,17-19-41)48-20-9-2/h9,11-12,14-15,23,32H,2,8,10,13,16-22,24H2,1,3-7H3,(H,38,44)(H,45,46). The Balaban J connectivity index is 1.60. The van der Waals surface area contributed by atoms with Crippen molar-refractivity contribution >= 4 is 29.1 Å². The number of para-hydroxylation sites is 1. The van der Waals surface area contributed by atoms with Crippen LogP contribution in [0, 0.1) is 6.92 Å². The number of hydrogen-bond acceptors (Lipinski definition) is 9. The van der Waals surface area contributed by atoms with Crippen LogP contribution in [0.25, 0.3) is 5.65 Å². The fourth-order valence-electron chi connectivity index (χ4n) is 5.89. The first-order valence-electron chi connectivity index (χ1n) is 17.1. The van der Waals surface area contributed by atoms with Gasteiger partial charge in [0.15, 0.2) is 23.2 Å². The van der Waals surface area contributed by atoms with Gasteiger partial charge >= 0.3 is 5.97 Å². The third kappa shape index (κ3) is 9.88. The molecule has 1 aliphatic heterocycles. The minimum atomic E-state index is -1.34. The first kappa shape index (κ1) is 37.5. The number of fused-ring (bicyclic) bond motifs is 1. The van der Waals surface area contributed by atoms with E-state index in [1.807, 2.05) is 24.3 Å². The molecule has 2 N–H and O–H groups in total. The second-order valence-electron chi connectivity index (χ2n) is 13.8. The zero-order valence-electron chi connectivity index (χ0n) is 29.7. The molecule has 12 heteroatoms. The number of carboxylic acid groups (broad SMARTS) is 1. The predicted molar refractivity (Wildman–Crippen MR) is 187 cm³/mol. The first-order chi connectivity index (χ1) is 23.2. The number of carboxylic acids is 1. The molecule has 0 bridgehead atoms. The quantitative estimate of drug-likeness (QED) is 0.136. The van der Waals surface area contributed by atoms with Gasteiger partial charge in [0, 0.05) is 36.8 Å². The topological polar surface area (TPSA) is 145 Å². The lowest BCUT2D eigenvalue weighted by Gasteiger charge is -2.41. The molecule has 3 aromatic rings. The molecule has 1 amide bonds. The lowest BCUT2D eigenvalue weighted by Crippen LogP contribution is -2.45. The Morgan fingerprint density at radius 2 is 1.88 bits per heavy atom. The highest BCUT2D eigenvalue weighted by atomic mass is 16.5. The number of aliphatic carboxylic acids is 1. The number of unbranched alkanes of at least 4 members (excludes halogenated alkanes) is 2. The summed E-state index contributed by atoms with van der Waals surface area (Å²) in [6, 6.07) is 8.98. The van der Waals surface area contributed by atoms with Gasteiger partial charge in [-0.15, -0.1) is 6.58 Å². The van der Waals surface area contributed by atoms with Crippen LogP contribution in [0.5, 0.6) is 5.75 Å². The number of nitrogens with zero attached hydrogens (tertiary/aromatic N) is 4. The lowest BCUT2D eigenvalue weighted by atomic mass is 9.92. The fourth-order valence-corrected chi connectivity index (χ4v) is 5.89. The average molecular weight is 678 g/mol. The van der Waals surface area contributed by atoms with Crippen LogP contribution >= 0.6 is 0 Å². The maximum Gasteiger partial charge on any atom is 0.337 e. The minimum Gasteiger partial charge on any atom is -0.493 e. The molecule has 1 aliphatic rings. The molecule has 1 saturated heterocycles. The number of benzene rings is 1. The van der Waals surface area contributed by atoms with Crippen LogP contribution < -0.4 is 15.0 Å². The van der Waals surface area contributed by atoms with Crippen molar-refractivity contribution in [3.63, 3.8) is 0 Å². The van der Waals surface area contributed by atoms with Gasteiger partial charge in [-0.2, -0.15) is 9.61 Å². The monoisotopic (exact) mass is 677 g/mol. The fraction of sp³-hybridized carbons (Fsp3) is 0.541. The Kier molecular flexibility index (Phi) is 12.6. The molecular weight excluding hydrogens is 626 g/mol. The van der Waals surface area contributed by atoms with E-state index in [-0.39, 0.29) is 30.0 Å². The van der Waals surface area contributed by atoms with Crippen LogP contribution in [0.15, 0.2) is 43.0 Å². The Hall–Kier alpha value is -4.29. The van der Waals surface area contributed by atoms with Crippen molar-refractivity contribution in [2.45, 2.75) is 97.4 Å². The van der Waals surface area contributed by atoms with E-state index in [1.165, 1.54) is 4.52 Å².